The zero-order chi connectivity index (χ0) is 20.5. The van der Waals surface area contributed by atoms with Crippen LogP contribution in [-0.2, 0) is 27.7 Å². The molecule has 2 unspecified atom stereocenters. The molecule has 0 aliphatic carbocycles. The molecule has 0 aromatic rings. The Kier molecular flexibility index (Phi) is 16.1. The molecule has 6 nitrogen and oxygen atoms in total. The van der Waals surface area contributed by atoms with Gasteiger partial charge in [0.15, 0.2) is 5.78 Å². The smallest absolute Gasteiger partial charge is 0.303 e. The van der Waals surface area contributed by atoms with E-state index < -0.39 is 20.2 Å². The second-order valence-electron chi connectivity index (χ2n) is 7.05. The van der Waals surface area contributed by atoms with Gasteiger partial charge in [0, 0.05) is 0 Å². The van der Waals surface area contributed by atoms with Crippen LogP contribution in [0, 0.1) is 11.8 Å². The van der Waals surface area contributed by atoms with E-state index in [4.69, 9.17) is 13.6 Å². The quantitative estimate of drug-likeness (QED) is 0.155. The monoisotopic (exact) mass is 406 g/mol. The molecular formula is C20H39O6P. The number of aldehydes is 1. The lowest BCUT2D eigenvalue weighted by Crippen LogP contribution is -2.16. The van der Waals surface area contributed by atoms with E-state index in [-0.39, 0.29) is 31.5 Å². The lowest BCUT2D eigenvalue weighted by Gasteiger charge is -2.23. The molecule has 0 N–H and O–H groups in total. The van der Waals surface area contributed by atoms with E-state index in [9.17, 15) is 14.2 Å². The average molecular weight is 407 g/mol. The summed E-state index contributed by atoms with van der Waals surface area (Å²) in [6, 6.07) is 0. The molecule has 160 valence electrons. The topological polar surface area (TPSA) is 78.9 Å². The third-order valence-electron chi connectivity index (χ3n) is 4.72. The van der Waals surface area contributed by atoms with Crippen LogP contribution in [0.15, 0.2) is 0 Å². The van der Waals surface area contributed by atoms with E-state index in [1.54, 1.807) is 0 Å². The highest BCUT2D eigenvalue weighted by atomic mass is 31.2. The van der Waals surface area contributed by atoms with E-state index in [0.717, 1.165) is 51.4 Å². The number of hydrogen-bond acceptors (Lipinski definition) is 6. The predicted octanol–water partition coefficient (Wildman–Crippen LogP) is 5.74. The Morgan fingerprint density at radius 2 is 1.37 bits per heavy atom. The molecule has 0 saturated carbocycles. The zero-order valence-electron chi connectivity index (χ0n) is 17.6. The van der Waals surface area contributed by atoms with E-state index in [1.807, 2.05) is 0 Å². The number of carbonyl (C=O) groups excluding carboxylic acids is 2. The highest BCUT2D eigenvalue weighted by Crippen LogP contribution is 2.50. The van der Waals surface area contributed by atoms with Crippen LogP contribution in [0.3, 0.4) is 0 Å². The van der Waals surface area contributed by atoms with Crippen molar-refractivity contribution in [3.63, 3.8) is 0 Å². The van der Waals surface area contributed by atoms with Crippen molar-refractivity contribution in [1.82, 2.24) is 0 Å². The maximum Gasteiger partial charge on any atom is 0.475 e. The van der Waals surface area contributed by atoms with Gasteiger partial charge in [-0.3, -0.25) is 18.4 Å². The number of rotatable bonds is 19. The van der Waals surface area contributed by atoms with Crippen molar-refractivity contribution in [2.24, 2.45) is 11.8 Å². The van der Waals surface area contributed by atoms with Crippen LogP contribution < -0.4 is 0 Å². The molecule has 0 amide bonds. The Balaban J connectivity index is 4.82. The van der Waals surface area contributed by atoms with E-state index >= 15 is 0 Å². The number of phosphoric ester groups is 1. The summed E-state index contributed by atoms with van der Waals surface area (Å²) in [6.07, 6.45) is 8.41. The SMILES string of the molecule is CCCCC(CC)COP(=O)(OCC(=O)CC=O)OCC(CC)CCCC. The van der Waals surface area contributed by atoms with Crippen molar-refractivity contribution < 1.29 is 27.7 Å². The molecule has 0 spiro atoms. The third-order valence-corrected chi connectivity index (χ3v) is 6.09. The summed E-state index contributed by atoms with van der Waals surface area (Å²) in [5.41, 5.74) is 0. The summed E-state index contributed by atoms with van der Waals surface area (Å²) in [5.74, 6) is 0.116. The summed E-state index contributed by atoms with van der Waals surface area (Å²) in [4.78, 5) is 22.0. The molecule has 0 radical (unpaired) electrons. The zero-order valence-corrected chi connectivity index (χ0v) is 18.5. The van der Waals surface area contributed by atoms with Gasteiger partial charge in [-0.2, -0.15) is 0 Å². The van der Waals surface area contributed by atoms with Gasteiger partial charge in [-0.1, -0.05) is 66.2 Å². The van der Waals surface area contributed by atoms with Crippen molar-refractivity contribution in [3.05, 3.63) is 0 Å². The lowest BCUT2D eigenvalue weighted by atomic mass is 10.0. The van der Waals surface area contributed by atoms with Crippen LogP contribution in [0.5, 0.6) is 0 Å². The fourth-order valence-corrected chi connectivity index (χ4v) is 3.92. The largest absolute Gasteiger partial charge is 0.475 e. The molecule has 0 aliphatic heterocycles. The third kappa shape index (κ3) is 13.3. The van der Waals surface area contributed by atoms with Crippen molar-refractivity contribution in [2.45, 2.75) is 85.5 Å². The predicted molar refractivity (Wildman–Crippen MR) is 108 cm³/mol. The number of carbonyl (C=O) groups is 2. The minimum Gasteiger partial charge on any atom is -0.303 e. The first kappa shape index (κ1) is 26.4. The van der Waals surface area contributed by atoms with Gasteiger partial charge in [-0.25, -0.2) is 4.57 Å². The van der Waals surface area contributed by atoms with Gasteiger partial charge < -0.3 is 4.79 Å². The number of phosphoric acid groups is 1. The van der Waals surface area contributed by atoms with Crippen LogP contribution in [0.1, 0.15) is 85.5 Å². The Bertz CT molecular complexity index is 416. The standard InChI is InChI=1S/C20H39O6P/c1-5-9-11-18(7-3)15-24-27(23,26-17-20(22)13-14-21)25-16-19(8-4)12-10-6-2/h14,18-19H,5-13,15-17H2,1-4H3. The van der Waals surface area contributed by atoms with Gasteiger partial charge in [0.25, 0.3) is 0 Å². The highest BCUT2D eigenvalue weighted by Gasteiger charge is 2.30. The van der Waals surface area contributed by atoms with Crippen LogP contribution in [0.2, 0.25) is 0 Å². The van der Waals surface area contributed by atoms with Crippen molar-refractivity contribution in [3.8, 4) is 0 Å². The van der Waals surface area contributed by atoms with Gasteiger partial charge in [0.2, 0.25) is 0 Å². The molecule has 0 heterocycles. The first-order valence-corrected chi connectivity index (χ1v) is 11.9. The first-order chi connectivity index (χ1) is 12.9. The van der Waals surface area contributed by atoms with Crippen LogP contribution in [0.4, 0.5) is 0 Å². The minimum absolute atomic E-state index is 0.262. The molecule has 0 aliphatic rings. The number of ketones is 1. The summed E-state index contributed by atoms with van der Waals surface area (Å²) in [5, 5.41) is 0. The molecule has 0 aromatic carbocycles. The molecule has 2 atom stereocenters. The van der Waals surface area contributed by atoms with Crippen molar-refractivity contribution in [2.75, 3.05) is 19.8 Å². The second kappa shape index (κ2) is 16.4. The summed E-state index contributed by atoms with van der Waals surface area (Å²) < 4.78 is 29.4. The van der Waals surface area contributed by atoms with Crippen LogP contribution >= 0.6 is 7.82 Å². The minimum atomic E-state index is -3.83. The fourth-order valence-electron chi connectivity index (χ4n) is 2.60. The molecule has 7 heteroatoms. The number of hydrogen-bond donors (Lipinski definition) is 0. The molecule has 27 heavy (non-hydrogen) atoms. The maximum absolute atomic E-state index is 13.0. The van der Waals surface area contributed by atoms with Gasteiger partial charge >= 0.3 is 7.82 Å². The number of Topliss-reactive ketones (excluding diaryl/α,β-unsaturated/α-hetero) is 1. The van der Waals surface area contributed by atoms with Gasteiger partial charge in [0.1, 0.15) is 12.9 Å². The van der Waals surface area contributed by atoms with Gasteiger partial charge in [0.05, 0.1) is 19.6 Å². The number of unbranched alkanes of at least 4 members (excludes halogenated alkanes) is 2. The summed E-state index contributed by atoms with van der Waals surface area (Å²) >= 11 is 0. The fraction of sp³-hybridized carbons (Fsp3) is 0.900. The first-order valence-electron chi connectivity index (χ1n) is 10.4. The van der Waals surface area contributed by atoms with Crippen molar-refractivity contribution in [1.29, 1.82) is 0 Å². The van der Waals surface area contributed by atoms with Gasteiger partial charge in [-0.15, -0.1) is 0 Å². The Morgan fingerprint density at radius 1 is 0.889 bits per heavy atom. The summed E-state index contributed by atoms with van der Waals surface area (Å²) in [6.45, 7) is 8.52. The van der Waals surface area contributed by atoms with Gasteiger partial charge in [-0.05, 0) is 24.7 Å². The normalized spacial score (nSPS) is 15.9. The Hall–Kier alpha value is -0.550. The molecule has 0 aromatic heterocycles. The average Bonchev–Trinajstić information content (AvgIpc) is 2.67. The summed E-state index contributed by atoms with van der Waals surface area (Å²) in [7, 11) is -3.83. The van der Waals surface area contributed by atoms with E-state index in [0.29, 0.717) is 6.29 Å². The molecule has 0 rings (SSSR count). The molecule has 0 saturated heterocycles. The Morgan fingerprint density at radius 3 is 1.74 bits per heavy atom. The van der Waals surface area contributed by atoms with E-state index in [2.05, 4.69) is 27.7 Å². The molecule has 0 bridgehead atoms. The van der Waals surface area contributed by atoms with Crippen LogP contribution in [0.25, 0.3) is 0 Å². The highest BCUT2D eigenvalue weighted by molar-refractivity contribution is 7.48. The van der Waals surface area contributed by atoms with Crippen molar-refractivity contribution >= 4 is 19.9 Å². The molecule has 0 fully saturated rings. The maximum atomic E-state index is 13.0. The second-order valence-corrected chi connectivity index (χ2v) is 8.72. The van der Waals surface area contributed by atoms with Crippen LogP contribution in [-0.4, -0.2) is 31.9 Å². The Labute approximate surface area is 165 Å². The molecular weight excluding hydrogens is 367 g/mol. The van der Waals surface area contributed by atoms with E-state index in [1.165, 1.54) is 0 Å². The lowest BCUT2D eigenvalue weighted by molar-refractivity contribution is -0.124.